The molecule has 1 aliphatic carbocycles. The molecule has 0 saturated heterocycles. The molecule has 25 heavy (non-hydrogen) atoms. The minimum Gasteiger partial charge on any atom is -0.497 e. The van der Waals surface area contributed by atoms with Gasteiger partial charge in [0, 0.05) is 23.9 Å². The first-order valence-corrected chi connectivity index (χ1v) is 8.56. The number of nitrogens with one attached hydrogen (secondary N) is 1. The fourth-order valence-electron chi connectivity index (χ4n) is 3.36. The number of hydrogen-bond acceptors (Lipinski definition) is 4. The van der Waals surface area contributed by atoms with E-state index in [1.165, 1.54) is 0 Å². The number of rotatable bonds is 6. The Kier molecular flexibility index (Phi) is 4.70. The van der Waals surface area contributed by atoms with Gasteiger partial charge < -0.3 is 14.8 Å². The van der Waals surface area contributed by atoms with Crippen molar-refractivity contribution >= 4 is 11.6 Å². The van der Waals surface area contributed by atoms with E-state index in [1.54, 1.807) is 14.2 Å². The van der Waals surface area contributed by atoms with E-state index >= 15 is 0 Å². The van der Waals surface area contributed by atoms with Crippen molar-refractivity contribution in [2.45, 2.75) is 39.7 Å². The molecule has 1 aromatic heterocycles. The van der Waals surface area contributed by atoms with E-state index in [1.807, 2.05) is 43.7 Å². The lowest BCUT2D eigenvalue weighted by Crippen LogP contribution is -2.16. The van der Waals surface area contributed by atoms with Crippen LogP contribution < -0.4 is 14.8 Å². The zero-order chi connectivity index (χ0) is 18.1. The van der Waals surface area contributed by atoms with E-state index in [4.69, 9.17) is 9.47 Å². The maximum absolute atomic E-state index is 12.7. The largest absolute Gasteiger partial charge is 0.497 e. The average Bonchev–Trinajstić information content (AvgIpc) is 3.38. The third kappa shape index (κ3) is 3.21. The predicted molar refractivity (Wildman–Crippen MR) is 96.4 cm³/mol. The molecule has 0 spiro atoms. The van der Waals surface area contributed by atoms with Gasteiger partial charge in [-0.15, -0.1) is 0 Å². The number of carbonyl (C=O) groups is 1. The van der Waals surface area contributed by atoms with Crippen LogP contribution in [0.5, 0.6) is 11.5 Å². The standard InChI is InChI=1S/C19H25N3O3/c1-6-22-12(3)18(11(2)21-22)20-19(23)16-10-14(16)15-9-13(24-4)7-8-17(15)25-5/h7-9,14,16H,6,10H2,1-5H3,(H,20,23)/t14-,16-/m1/s1. The van der Waals surface area contributed by atoms with Crippen LogP contribution >= 0.6 is 0 Å². The molecule has 1 aliphatic rings. The minimum absolute atomic E-state index is 0.0386. The molecule has 134 valence electrons. The Morgan fingerprint density at radius 1 is 1.32 bits per heavy atom. The maximum Gasteiger partial charge on any atom is 0.228 e. The summed E-state index contributed by atoms with van der Waals surface area (Å²) < 4.78 is 12.7. The lowest BCUT2D eigenvalue weighted by molar-refractivity contribution is -0.117. The summed E-state index contributed by atoms with van der Waals surface area (Å²) in [7, 11) is 3.29. The summed E-state index contributed by atoms with van der Waals surface area (Å²) in [5, 5.41) is 7.52. The molecule has 6 heteroatoms. The summed E-state index contributed by atoms with van der Waals surface area (Å²) in [6.45, 7) is 6.73. The zero-order valence-electron chi connectivity index (χ0n) is 15.4. The fraction of sp³-hybridized carbons (Fsp3) is 0.474. The van der Waals surface area contributed by atoms with Crippen molar-refractivity contribution < 1.29 is 14.3 Å². The van der Waals surface area contributed by atoms with Crippen LogP contribution in [0.4, 0.5) is 5.69 Å². The first kappa shape index (κ1) is 17.3. The normalized spacial score (nSPS) is 18.8. The molecule has 2 atom stereocenters. The van der Waals surface area contributed by atoms with Crippen molar-refractivity contribution in [2.75, 3.05) is 19.5 Å². The Labute approximate surface area is 148 Å². The number of aryl methyl sites for hydroxylation is 2. The topological polar surface area (TPSA) is 65.4 Å². The Hall–Kier alpha value is -2.50. The molecule has 6 nitrogen and oxygen atoms in total. The summed E-state index contributed by atoms with van der Waals surface area (Å²) in [6, 6.07) is 5.72. The molecule has 3 rings (SSSR count). The van der Waals surface area contributed by atoms with E-state index < -0.39 is 0 Å². The van der Waals surface area contributed by atoms with Crippen molar-refractivity contribution in [2.24, 2.45) is 5.92 Å². The Morgan fingerprint density at radius 2 is 2.08 bits per heavy atom. The number of nitrogens with zero attached hydrogens (tertiary/aromatic N) is 2. The van der Waals surface area contributed by atoms with Crippen LogP contribution in [0.1, 0.15) is 36.2 Å². The third-order valence-corrected chi connectivity index (χ3v) is 4.89. The molecule has 0 unspecified atom stereocenters. The van der Waals surface area contributed by atoms with Crippen LogP contribution in [0.2, 0.25) is 0 Å². The smallest absolute Gasteiger partial charge is 0.228 e. The fourth-order valence-corrected chi connectivity index (χ4v) is 3.36. The van der Waals surface area contributed by atoms with Crippen LogP contribution in [-0.4, -0.2) is 29.9 Å². The van der Waals surface area contributed by atoms with E-state index in [0.717, 1.165) is 47.1 Å². The predicted octanol–water partition coefficient (Wildman–Crippen LogP) is 3.28. The summed E-state index contributed by atoms with van der Waals surface area (Å²) in [6.07, 6.45) is 0.815. The molecule has 2 aromatic rings. The highest BCUT2D eigenvalue weighted by molar-refractivity contribution is 5.96. The SMILES string of the molecule is CCn1nc(C)c(NC(=O)[C@@H]2C[C@@H]2c2cc(OC)ccc2OC)c1C. The molecule has 1 fully saturated rings. The lowest BCUT2D eigenvalue weighted by Gasteiger charge is -2.10. The number of amides is 1. The average molecular weight is 343 g/mol. The first-order valence-electron chi connectivity index (χ1n) is 8.56. The van der Waals surface area contributed by atoms with Crippen molar-refractivity contribution in [3.8, 4) is 11.5 Å². The van der Waals surface area contributed by atoms with Crippen molar-refractivity contribution in [3.05, 3.63) is 35.2 Å². The second-order valence-electron chi connectivity index (χ2n) is 6.41. The van der Waals surface area contributed by atoms with Gasteiger partial charge >= 0.3 is 0 Å². The Morgan fingerprint density at radius 3 is 2.68 bits per heavy atom. The molecular weight excluding hydrogens is 318 g/mol. The molecule has 1 heterocycles. The second kappa shape index (κ2) is 6.78. The van der Waals surface area contributed by atoms with Crippen LogP contribution in [0.25, 0.3) is 0 Å². The van der Waals surface area contributed by atoms with Crippen LogP contribution in [0.15, 0.2) is 18.2 Å². The molecule has 1 saturated carbocycles. The van der Waals surface area contributed by atoms with Gasteiger partial charge in [-0.2, -0.15) is 5.10 Å². The highest BCUT2D eigenvalue weighted by Gasteiger charge is 2.45. The van der Waals surface area contributed by atoms with Gasteiger partial charge in [-0.05, 0) is 45.4 Å². The highest BCUT2D eigenvalue weighted by Crippen LogP contribution is 2.51. The van der Waals surface area contributed by atoms with Gasteiger partial charge in [0.25, 0.3) is 0 Å². The zero-order valence-corrected chi connectivity index (χ0v) is 15.4. The summed E-state index contributed by atoms with van der Waals surface area (Å²) in [5.74, 6) is 1.72. The van der Waals surface area contributed by atoms with E-state index in [2.05, 4.69) is 10.4 Å². The molecule has 1 N–H and O–H groups in total. The lowest BCUT2D eigenvalue weighted by atomic mass is 10.1. The quantitative estimate of drug-likeness (QED) is 0.874. The van der Waals surface area contributed by atoms with Crippen LogP contribution in [-0.2, 0) is 11.3 Å². The second-order valence-corrected chi connectivity index (χ2v) is 6.41. The first-order chi connectivity index (χ1) is 12.0. The molecule has 1 aromatic carbocycles. The third-order valence-electron chi connectivity index (χ3n) is 4.89. The monoisotopic (exact) mass is 343 g/mol. The number of carbonyl (C=O) groups excluding carboxylic acids is 1. The summed E-state index contributed by atoms with van der Waals surface area (Å²) in [4.78, 5) is 12.7. The van der Waals surface area contributed by atoms with E-state index in [9.17, 15) is 4.79 Å². The molecule has 0 bridgehead atoms. The van der Waals surface area contributed by atoms with E-state index in [-0.39, 0.29) is 17.7 Å². The van der Waals surface area contributed by atoms with Gasteiger partial charge in [-0.1, -0.05) is 0 Å². The van der Waals surface area contributed by atoms with E-state index in [0.29, 0.717) is 0 Å². The molecule has 0 aliphatic heterocycles. The highest BCUT2D eigenvalue weighted by atomic mass is 16.5. The Bertz CT molecular complexity index is 797. The van der Waals surface area contributed by atoms with Gasteiger partial charge in [0.05, 0.1) is 31.3 Å². The summed E-state index contributed by atoms with van der Waals surface area (Å²) >= 11 is 0. The van der Waals surface area contributed by atoms with Gasteiger partial charge in [-0.25, -0.2) is 0 Å². The van der Waals surface area contributed by atoms with Gasteiger partial charge in [0.1, 0.15) is 11.5 Å². The van der Waals surface area contributed by atoms with Gasteiger partial charge in [0.2, 0.25) is 5.91 Å². The van der Waals surface area contributed by atoms with Crippen LogP contribution in [0, 0.1) is 19.8 Å². The number of methoxy groups -OCH3 is 2. The van der Waals surface area contributed by atoms with Crippen molar-refractivity contribution in [1.82, 2.24) is 9.78 Å². The van der Waals surface area contributed by atoms with Crippen molar-refractivity contribution in [3.63, 3.8) is 0 Å². The number of hydrogen-bond donors (Lipinski definition) is 1. The van der Waals surface area contributed by atoms with Crippen LogP contribution in [0.3, 0.4) is 0 Å². The van der Waals surface area contributed by atoms with Crippen molar-refractivity contribution in [1.29, 1.82) is 0 Å². The minimum atomic E-state index is -0.0511. The number of ether oxygens (including phenoxy) is 2. The number of anilines is 1. The Balaban J connectivity index is 1.76. The van der Waals surface area contributed by atoms with Gasteiger partial charge in [-0.3, -0.25) is 9.48 Å². The molecular formula is C19H25N3O3. The number of benzene rings is 1. The maximum atomic E-state index is 12.7. The molecule has 0 radical (unpaired) electrons. The van der Waals surface area contributed by atoms with Gasteiger partial charge in [0.15, 0.2) is 0 Å². The summed E-state index contributed by atoms with van der Waals surface area (Å²) in [5.41, 5.74) is 3.70. The number of aromatic nitrogens is 2. The molecule has 1 amide bonds.